The summed E-state index contributed by atoms with van der Waals surface area (Å²) in [6.45, 7) is 7.87. The van der Waals surface area contributed by atoms with Gasteiger partial charge in [0.1, 0.15) is 0 Å². The second kappa shape index (κ2) is 5.33. The molecule has 1 unspecified atom stereocenters. The predicted molar refractivity (Wildman–Crippen MR) is 69.6 cm³/mol. The molecule has 1 aliphatic heterocycles. The van der Waals surface area contributed by atoms with Gasteiger partial charge >= 0.3 is 0 Å². The highest BCUT2D eigenvalue weighted by molar-refractivity contribution is 5.37. The fourth-order valence-electron chi connectivity index (χ4n) is 2.57. The Kier molecular flexibility index (Phi) is 3.81. The van der Waals surface area contributed by atoms with Gasteiger partial charge in [-0.2, -0.15) is 5.26 Å². The Bertz CT molecular complexity index is 431. The Morgan fingerprint density at radius 2 is 2.29 bits per heavy atom. The largest absolute Gasteiger partial charge is 0.299 e. The van der Waals surface area contributed by atoms with Crippen molar-refractivity contribution in [2.24, 2.45) is 5.92 Å². The van der Waals surface area contributed by atoms with Crippen LogP contribution in [0.2, 0.25) is 0 Å². The van der Waals surface area contributed by atoms with Crippen molar-refractivity contribution < 1.29 is 0 Å². The molecule has 0 bridgehead atoms. The smallest absolute Gasteiger partial charge is 0.0991 e. The Balaban J connectivity index is 2.02. The molecule has 1 saturated heterocycles. The van der Waals surface area contributed by atoms with Crippen molar-refractivity contribution >= 4 is 0 Å². The summed E-state index contributed by atoms with van der Waals surface area (Å²) in [5.41, 5.74) is 3.36. The number of benzene rings is 1. The van der Waals surface area contributed by atoms with E-state index in [1.165, 1.54) is 37.1 Å². The normalized spacial score (nSPS) is 20.4. The molecule has 0 aromatic heterocycles. The Labute approximate surface area is 104 Å². The summed E-state index contributed by atoms with van der Waals surface area (Å²) in [4.78, 5) is 2.53. The molecule has 2 rings (SSSR count). The van der Waals surface area contributed by atoms with Gasteiger partial charge in [0.2, 0.25) is 0 Å². The minimum absolute atomic E-state index is 0.763. The van der Waals surface area contributed by atoms with Gasteiger partial charge in [-0.25, -0.2) is 0 Å². The van der Waals surface area contributed by atoms with Crippen LogP contribution in [0.15, 0.2) is 18.2 Å². The fraction of sp³-hybridized carbons (Fsp3) is 0.533. The van der Waals surface area contributed by atoms with Crippen LogP contribution in [0.5, 0.6) is 0 Å². The third-order valence-electron chi connectivity index (χ3n) is 3.81. The van der Waals surface area contributed by atoms with Crippen LogP contribution < -0.4 is 0 Å². The molecule has 2 heteroatoms. The summed E-state index contributed by atoms with van der Waals surface area (Å²) in [7, 11) is 0. The Hall–Kier alpha value is -1.33. The average Bonchev–Trinajstić information content (AvgIpc) is 2.79. The Morgan fingerprint density at radius 3 is 2.88 bits per heavy atom. The highest BCUT2D eigenvalue weighted by atomic mass is 15.1. The first kappa shape index (κ1) is 12.1. The van der Waals surface area contributed by atoms with Crippen LogP contribution in [0.25, 0.3) is 0 Å². The Morgan fingerprint density at radius 1 is 1.47 bits per heavy atom. The molecule has 0 radical (unpaired) electrons. The van der Waals surface area contributed by atoms with Gasteiger partial charge in [0.15, 0.2) is 0 Å². The predicted octanol–water partition coefficient (Wildman–Crippen LogP) is 3.10. The maximum absolute atomic E-state index is 8.84. The number of nitrogens with zero attached hydrogens (tertiary/aromatic N) is 2. The number of hydrogen-bond acceptors (Lipinski definition) is 2. The molecule has 0 N–H and O–H groups in total. The first-order valence-electron chi connectivity index (χ1n) is 6.45. The van der Waals surface area contributed by atoms with Gasteiger partial charge in [-0.15, -0.1) is 0 Å². The quantitative estimate of drug-likeness (QED) is 0.795. The molecule has 0 aliphatic carbocycles. The van der Waals surface area contributed by atoms with Crippen molar-refractivity contribution in [2.75, 3.05) is 13.1 Å². The van der Waals surface area contributed by atoms with E-state index in [-0.39, 0.29) is 0 Å². The first-order valence-corrected chi connectivity index (χ1v) is 6.45. The van der Waals surface area contributed by atoms with Crippen LogP contribution >= 0.6 is 0 Å². The third kappa shape index (κ3) is 2.87. The van der Waals surface area contributed by atoms with E-state index in [9.17, 15) is 0 Å². The average molecular weight is 228 g/mol. The molecular weight excluding hydrogens is 208 g/mol. The SMILES string of the molecule is CCC1CCN(Cc2ccc(C#N)cc2C)C1. The van der Waals surface area contributed by atoms with Crippen LogP contribution in [-0.4, -0.2) is 18.0 Å². The van der Waals surface area contributed by atoms with E-state index in [4.69, 9.17) is 5.26 Å². The summed E-state index contributed by atoms with van der Waals surface area (Å²) in [5.74, 6) is 0.883. The third-order valence-corrected chi connectivity index (χ3v) is 3.81. The summed E-state index contributed by atoms with van der Waals surface area (Å²) in [5, 5.41) is 8.84. The van der Waals surface area contributed by atoms with Crippen molar-refractivity contribution in [1.82, 2.24) is 4.90 Å². The topological polar surface area (TPSA) is 27.0 Å². The molecule has 0 spiro atoms. The highest BCUT2D eigenvalue weighted by Crippen LogP contribution is 2.22. The first-order chi connectivity index (χ1) is 8.22. The van der Waals surface area contributed by atoms with Crippen molar-refractivity contribution in [3.8, 4) is 6.07 Å². The van der Waals surface area contributed by atoms with Crippen LogP contribution in [-0.2, 0) is 6.54 Å². The minimum Gasteiger partial charge on any atom is -0.299 e. The molecule has 1 aromatic carbocycles. The van der Waals surface area contributed by atoms with Gasteiger partial charge < -0.3 is 0 Å². The van der Waals surface area contributed by atoms with E-state index in [0.717, 1.165) is 18.0 Å². The highest BCUT2D eigenvalue weighted by Gasteiger charge is 2.21. The lowest BCUT2D eigenvalue weighted by molar-refractivity contribution is 0.314. The van der Waals surface area contributed by atoms with Crippen LogP contribution in [0.3, 0.4) is 0 Å². The molecule has 0 amide bonds. The number of nitriles is 1. The van der Waals surface area contributed by atoms with Crippen molar-refractivity contribution in [1.29, 1.82) is 5.26 Å². The van der Waals surface area contributed by atoms with Crippen LogP contribution in [0, 0.1) is 24.2 Å². The maximum Gasteiger partial charge on any atom is 0.0991 e. The minimum atomic E-state index is 0.763. The zero-order chi connectivity index (χ0) is 12.3. The molecule has 90 valence electrons. The maximum atomic E-state index is 8.84. The molecule has 1 heterocycles. The monoisotopic (exact) mass is 228 g/mol. The summed E-state index contributed by atoms with van der Waals surface area (Å²) in [6, 6.07) is 8.21. The van der Waals surface area contributed by atoms with Gasteiger partial charge in [0.25, 0.3) is 0 Å². The molecule has 1 aromatic rings. The number of aryl methyl sites for hydroxylation is 1. The molecule has 17 heavy (non-hydrogen) atoms. The molecule has 1 fully saturated rings. The second-order valence-corrected chi connectivity index (χ2v) is 5.05. The number of hydrogen-bond donors (Lipinski definition) is 0. The molecular formula is C15H20N2. The lowest BCUT2D eigenvalue weighted by Gasteiger charge is -2.17. The lowest BCUT2D eigenvalue weighted by Crippen LogP contribution is -2.20. The molecule has 2 nitrogen and oxygen atoms in total. The summed E-state index contributed by atoms with van der Waals surface area (Å²) >= 11 is 0. The van der Waals surface area contributed by atoms with Crippen molar-refractivity contribution in [2.45, 2.75) is 33.2 Å². The van der Waals surface area contributed by atoms with Crippen LogP contribution in [0.1, 0.15) is 36.5 Å². The van der Waals surface area contributed by atoms with Crippen molar-refractivity contribution in [3.05, 3.63) is 34.9 Å². The fourth-order valence-corrected chi connectivity index (χ4v) is 2.57. The van der Waals surface area contributed by atoms with Gasteiger partial charge in [0, 0.05) is 13.1 Å². The van der Waals surface area contributed by atoms with E-state index in [1.807, 2.05) is 12.1 Å². The molecule has 1 aliphatic rings. The van der Waals surface area contributed by atoms with Gasteiger partial charge in [0.05, 0.1) is 11.6 Å². The van der Waals surface area contributed by atoms with E-state index < -0.39 is 0 Å². The zero-order valence-corrected chi connectivity index (χ0v) is 10.7. The van der Waals surface area contributed by atoms with Crippen molar-refractivity contribution in [3.63, 3.8) is 0 Å². The van der Waals surface area contributed by atoms with Gasteiger partial charge in [-0.3, -0.25) is 4.90 Å². The molecule has 1 atom stereocenters. The van der Waals surface area contributed by atoms with E-state index in [1.54, 1.807) is 0 Å². The summed E-state index contributed by atoms with van der Waals surface area (Å²) in [6.07, 6.45) is 2.63. The lowest BCUT2D eigenvalue weighted by atomic mass is 10.1. The standard InChI is InChI=1S/C15H20N2/c1-3-13-6-7-17(10-13)11-15-5-4-14(9-16)8-12(15)2/h4-5,8,13H,3,6-7,10-11H2,1-2H3. The number of rotatable bonds is 3. The summed E-state index contributed by atoms with van der Waals surface area (Å²) < 4.78 is 0. The number of likely N-dealkylation sites (tertiary alicyclic amines) is 1. The van der Waals surface area contributed by atoms with E-state index >= 15 is 0 Å². The second-order valence-electron chi connectivity index (χ2n) is 5.05. The molecule has 0 saturated carbocycles. The van der Waals surface area contributed by atoms with Gasteiger partial charge in [-0.1, -0.05) is 19.4 Å². The van der Waals surface area contributed by atoms with Gasteiger partial charge in [-0.05, 0) is 49.1 Å². The van der Waals surface area contributed by atoms with E-state index in [0.29, 0.717) is 0 Å². The van der Waals surface area contributed by atoms with E-state index in [2.05, 4.69) is 30.9 Å². The zero-order valence-electron chi connectivity index (χ0n) is 10.7. The van der Waals surface area contributed by atoms with Crippen LogP contribution in [0.4, 0.5) is 0 Å².